The highest BCUT2D eigenvalue weighted by Crippen LogP contribution is 1.96. The van der Waals surface area contributed by atoms with E-state index in [1.807, 2.05) is 0 Å². The number of rotatable bonds is 1. The molecule has 0 saturated carbocycles. The highest BCUT2D eigenvalue weighted by molar-refractivity contribution is 5.93. The van der Waals surface area contributed by atoms with Gasteiger partial charge in [0.1, 0.15) is 11.5 Å². The maximum atomic E-state index is 6.91. The molecule has 0 fully saturated rings. The molecule has 1 rings (SSSR count). The van der Waals surface area contributed by atoms with E-state index in [0.717, 1.165) is 0 Å². The van der Waals surface area contributed by atoms with Gasteiger partial charge in [0.25, 0.3) is 0 Å². The van der Waals surface area contributed by atoms with Gasteiger partial charge in [0.2, 0.25) is 0 Å². The Balaban J connectivity index is 3.08. The molecule has 0 aliphatic heterocycles. The van der Waals surface area contributed by atoms with E-state index in [-0.39, 0.29) is 5.84 Å². The molecular weight excluding hydrogens is 120 g/mol. The van der Waals surface area contributed by atoms with Crippen molar-refractivity contribution in [1.82, 2.24) is 10.3 Å². The van der Waals surface area contributed by atoms with Crippen molar-refractivity contribution in [2.75, 3.05) is 0 Å². The Hall–Kier alpha value is -1.39. The largest absolute Gasteiger partial charge is 0.382 e. The van der Waals surface area contributed by atoms with Crippen LogP contribution in [-0.2, 0) is 0 Å². The number of hydrogen-bond donors (Lipinski definition) is 2. The Kier molecular flexibility index (Phi) is 1.18. The molecule has 3 N–H and O–H groups in total. The zero-order chi connectivity index (χ0) is 6.85. The second-order valence-electron chi connectivity index (χ2n) is 1.61. The molecule has 9 heavy (non-hydrogen) atoms. The van der Waals surface area contributed by atoms with Crippen molar-refractivity contribution in [1.29, 1.82) is 5.41 Å². The molecule has 48 valence electrons. The fourth-order valence-corrected chi connectivity index (χ4v) is 0.476. The predicted octanol–water partition coefficient (Wildman–Crippen LogP) is -0.338. The Morgan fingerprint density at radius 3 is 2.56 bits per heavy atom. The van der Waals surface area contributed by atoms with Gasteiger partial charge in [0, 0.05) is 0 Å². The van der Waals surface area contributed by atoms with Crippen molar-refractivity contribution >= 4 is 5.84 Å². The summed E-state index contributed by atoms with van der Waals surface area (Å²) in [5.74, 6) is -0.117. The summed E-state index contributed by atoms with van der Waals surface area (Å²) in [6.07, 6.45) is 0. The van der Waals surface area contributed by atoms with E-state index in [1.165, 1.54) is 0 Å². The van der Waals surface area contributed by atoms with Gasteiger partial charge >= 0.3 is 0 Å². The molecule has 0 saturated heterocycles. The summed E-state index contributed by atoms with van der Waals surface area (Å²) in [5.41, 5.74) is 5.94. The molecule has 1 aromatic rings. The molecule has 0 aliphatic carbocycles. The van der Waals surface area contributed by atoms with E-state index in [1.54, 1.807) is 6.92 Å². The zero-order valence-corrected chi connectivity index (χ0v) is 4.88. The topological polar surface area (TPSA) is 88.8 Å². The summed E-state index contributed by atoms with van der Waals surface area (Å²) in [6, 6.07) is 0. The van der Waals surface area contributed by atoms with Crippen molar-refractivity contribution in [2.24, 2.45) is 5.73 Å². The van der Waals surface area contributed by atoms with Crippen molar-refractivity contribution in [3.8, 4) is 0 Å². The zero-order valence-electron chi connectivity index (χ0n) is 4.88. The Bertz CT molecular complexity index is 228. The third-order valence-electron chi connectivity index (χ3n) is 0.908. The molecular formula is C4H6N4O. The molecule has 1 heterocycles. The van der Waals surface area contributed by atoms with Crippen molar-refractivity contribution in [2.45, 2.75) is 6.92 Å². The normalized spacial score (nSPS) is 9.44. The number of amidine groups is 1. The monoisotopic (exact) mass is 126 g/mol. The quantitative estimate of drug-likeness (QED) is 0.398. The maximum absolute atomic E-state index is 6.91. The van der Waals surface area contributed by atoms with Crippen LogP contribution in [-0.4, -0.2) is 16.1 Å². The molecule has 5 heteroatoms. The third-order valence-corrected chi connectivity index (χ3v) is 0.908. The number of nitrogens with one attached hydrogen (secondary N) is 1. The lowest BCUT2D eigenvalue weighted by atomic mass is 10.3. The summed E-state index contributed by atoms with van der Waals surface area (Å²) < 4.78 is 4.29. The molecule has 5 nitrogen and oxygen atoms in total. The van der Waals surface area contributed by atoms with Crippen LogP contribution in [0.5, 0.6) is 0 Å². The van der Waals surface area contributed by atoms with Gasteiger partial charge in [-0.2, -0.15) is 0 Å². The van der Waals surface area contributed by atoms with Gasteiger partial charge < -0.3 is 5.73 Å². The molecule has 0 atom stereocenters. The predicted molar refractivity (Wildman–Crippen MR) is 30.1 cm³/mol. The van der Waals surface area contributed by atoms with Crippen LogP contribution in [0.1, 0.15) is 11.4 Å². The minimum Gasteiger partial charge on any atom is -0.382 e. The number of aromatic nitrogens is 2. The first-order valence-corrected chi connectivity index (χ1v) is 2.35. The van der Waals surface area contributed by atoms with Crippen molar-refractivity contribution in [3.05, 3.63) is 11.4 Å². The lowest BCUT2D eigenvalue weighted by molar-refractivity contribution is 0.304. The third kappa shape index (κ3) is 0.883. The summed E-state index contributed by atoms with van der Waals surface area (Å²) in [5, 5.41) is 13.7. The maximum Gasteiger partial charge on any atom is 0.172 e. The van der Waals surface area contributed by atoms with Gasteiger partial charge in [-0.05, 0) is 12.1 Å². The standard InChI is InChI=1S/C4H6N4O/c1-2-3(4(5)6)8-9-7-2/h1H3,(H3,5,6). The SMILES string of the molecule is Cc1nonc1C(=N)N. The molecule has 1 aromatic heterocycles. The number of aryl methyl sites for hydroxylation is 1. The average molecular weight is 126 g/mol. The number of nitrogens with two attached hydrogens (primary N) is 1. The van der Waals surface area contributed by atoms with Gasteiger partial charge in [-0.3, -0.25) is 5.41 Å². The summed E-state index contributed by atoms with van der Waals surface area (Å²) in [4.78, 5) is 0. The second-order valence-corrected chi connectivity index (χ2v) is 1.61. The van der Waals surface area contributed by atoms with E-state index >= 15 is 0 Å². The number of hydrogen-bond acceptors (Lipinski definition) is 4. The summed E-state index contributed by atoms with van der Waals surface area (Å²) in [6.45, 7) is 1.67. The van der Waals surface area contributed by atoms with Crippen LogP contribution in [0.2, 0.25) is 0 Å². The van der Waals surface area contributed by atoms with E-state index in [4.69, 9.17) is 11.1 Å². The lowest BCUT2D eigenvalue weighted by Crippen LogP contribution is -2.12. The van der Waals surface area contributed by atoms with E-state index in [0.29, 0.717) is 11.4 Å². The lowest BCUT2D eigenvalue weighted by Gasteiger charge is -1.85. The van der Waals surface area contributed by atoms with E-state index in [2.05, 4.69) is 14.9 Å². The van der Waals surface area contributed by atoms with Gasteiger partial charge in [-0.1, -0.05) is 5.16 Å². The average Bonchev–Trinajstić information content (AvgIpc) is 2.13. The van der Waals surface area contributed by atoms with Gasteiger partial charge in [0.15, 0.2) is 5.69 Å². The van der Waals surface area contributed by atoms with Crippen molar-refractivity contribution < 1.29 is 4.63 Å². The first-order chi connectivity index (χ1) is 4.22. The highest BCUT2D eigenvalue weighted by atomic mass is 16.6. The molecule has 0 aliphatic rings. The van der Waals surface area contributed by atoms with Crippen molar-refractivity contribution in [3.63, 3.8) is 0 Å². The minimum absolute atomic E-state index is 0.117. The van der Waals surface area contributed by atoms with Gasteiger partial charge in [-0.15, -0.1) is 0 Å². The van der Waals surface area contributed by atoms with Crippen LogP contribution < -0.4 is 5.73 Å². The highest BCUT2D eigenvalue weighted by Gasteiger charge is 2.05. The van der Waals surface area contributed by atoms with Crippen LogP contribution in [0.15, 0.2) is 4.63 Å². The summed E-state index contributed by atoms with van der Waals surface area (Å²) in [7, 11) is 0. The molecule has 0 aromatic carbocycles. The Morgan fingerprint density at radius 1 is 1.67 bits per heavy atom. The second kappa shape index (κ2) is 1.85. The minimum atomic E-state index is -0.117. The van der Waals surface area contributed by atoms with E-state index < -0.39 is 0 Å². The fourth-order valence-electron chi connectivity index (χ4n) is 0.476. The molecule has 0 unspecified atom stereocenters. The van der Waals surface area contributed by atoms with Crippen LogP contribution >= 0.6 is 0 Å². The molecule has 0 spiro atoms. The Morgan fingerprint density at radius 2 is 2.33 bits per heavy atom. The summed E-state index contributed by atoms with van der Waals surface area (Å²) >= 11 is 0. The Labute approximate surface area is 51.3 Å². The molecule has 0 radical (unpaired) electrons. The van der Waals surface area contributed by atoms with Crippen LogP contribution in [0.25, 0.3) is 0 Å². The van der Waals surface area contributed by atoms with Gasteiger partial charge in [-0.25, -0.2) is 4.63 Å². The van der Waals surface area contributed by atoms with Crippen LogP contribution in [0.3, 0.4) is 0 Å². The first-order valence-electron chi connectivity index (χ1n) is 2.35. The van der Waals surface area contributed by atoms with Gasteiger partial charge in [0.05, 0.1) is 0 Å². The number of nitrogen functional groups attached to an aromatic ring is 1. The van der Waals surface area contributed by atoms with Crippen LogP contribution in [0, 0.1) is 12.3 Å². The van der Waals surface area contributed by atoms with E-state index in [9.17, 15) is 0 Å². The smallest absolute Gasteiger partial charge is 0.172 e. The fraction of sp³-hybridized carbons (Fsp3) is 0.250. The number of nitrogens with zero attached hydrogens (tertiary/aromatic N) is 2. The molecule has 0 amide bonds. The van der Waals surface area contributed by atoms with Crippen LogP contribution in [0.4, 0.5) is 0 Å². The molecule has 0 bridgehead atoms. The first kappa shape index (κ1) is 5.74.